The van der Waals surface area contributed by atoms with E-state index in [4.69, 9.17) is 0 Å². The number of hydrogen-bond donors (Lipinski definition) is 0. The molecule has 1 aromatic heterocycles. The fraction of sp³-hybridized carbons (Fsp3) is 0.0141. The van der Waals surface area contributed by atoms with Crippen LogP contribution in [0.5, 0.6) is 0 Å². The largest absolute Gasteiger partial charge is 0.309 e. The second kappa shape index (κ2) is 15.9. The van der Waals surface area contributed by atoms with Crippen LogP contribution in [0.3, 0.4) is 0 Å². The molecule has 0 aliphatic heterocycles. The standard InChI is InChI=1S/C71H44N2S/c1-5-25-51-45(17-1)21-13-32-64(51)72(65-33-14-22-46-18-2-6-26-52(46)65)49-37-39-55-56-40-38-50(73(66-34-15-23-47-19-3-7-27-53(47)66)67-35-16-24-48-20-4-8-28-54(48)67)44-63(56)71(62(55)43-49)60-31-11-9-30-59(60)69-61(71)42-41-58-57-29-10-12-36-68(57)74-70(58)69/h1-44H. The van der Waals surface area contributed by atoms with Crippen LogP contribution in [-0.4, -0.2) is 0 Å². The van der Waals surface area contributed by atoms with Gasteiger partial charge in [-0.3, -0.25) is 0 Å². The van der Waals surface area contributed by atoms with Gasteiger partial charge in [0.2, 0.25) is 0 Å². The average Bonchev–Trinajstić information content (AvgIpc) is 4.16. The van der Waals surface area contributed by atoms with E-state index in [1.54, 1.807) is 0 Å². The third-order valence-corrected chi connectivity index (χ3v) is 17.4. The van der Waals surface area contributed by atoms with E-state index in [0.29, 0.717) is 0 Å². The van der Waals surface area contributed by atoms with Crippen molar-refractivity contribution in [3.63, 3.8) is 0 Å². The summed E-state index contributed by atoms with van der Waals surface area (Å²) in [6.07, 6.45) is 0. The van der Waals surface area contributed by atoms with Crippen LogP contribution in [0.1, 0.15) is 22.3 Å². The van der Waals surface area contributed by atoms with Crippen LogP contribution in [0, 0.1) is 0 Å². The van der Waals surface area contributed by atoms with Gasteiger partial charge in [-0.15, -0.1) is 11.3 Å². The molecule has 344 valence electrons. The summed E-state index contributed by atoms with van der Waals surface area (Å²) in [7, 11) is 0. The van der Waals surface area contributed by atoms with E-state index in [9.17, 15) is 0 Å². The summed E-state index contributed by atoms with van der Waals surface area (Å²) in [6.45, 7) is 0. The molecule has 1 heterocycles. The predicted molar refractivity (Wildman–Crippen MR) is 315 cm³/mol. The van der Waals surface area contributed by atoms with Gasteiger partial charge in [0.1, 0.15) is 0 Å². The van der Waals surface area contributed by atoms with Crippen molar-refractivity contribution in [2.45, 2.75) is 5.41 Å². The molecule has 0 atom stereocenters. The first-order valence-corrected chi connectivity index (χ1v) is 26.4. The van der Waals surface area contributed by atoms with Gasteiger partial charge < -0.3 is 9.80 Å². The molecule has 0 fully saturated rings. The normalized spacial score (nSPS) is 13.0. The fourth-order valence-corrected chi connectivity index (χ4v) is 14.4. The van der Waals surface area contributed by atoms with Crippen LogP contribution in [0.4, 0.5) is 34.1 Å². The molecule has 2 aliphatic carbocycles. The SMILES string of the molecule is c1ccc2c(c1)-c1c(ccc3c1sc1ccccc13)C21c2cc(N(c3cccc4ccccc34)c3cccc4ccccc34)ccc2-c2ccc(N(c3cccc4ccccc34)c3cccc4ccccc34)cc21. The molecule has 13 aromatic carbocycles. The highest BCUT2D eigenvalue weighted by molar-refractivity contribution is 7.26. The monoisotopic (exact) mass is 956 g/mol. The van der Waals surface area contributed by atoms with E-state index < -0.39 is 5.41 Å². The highest BCUT2D eigenvalue weighted by Gasteiger charge is 2.53. The quantitative estimate of drug-likeness (QED) is 0.164. The zero-order chi connectivity index (χ0) is 48.5. The van der Waals surface area contributed by atoms with Crippen LogP contribution in [0.15, 0.2) is 267 Å². The van der Waals surface area contributed by atoms with Gasteiger partial charge in [-0.2, -0.15) is 0 Å². The topological polar surface area (TPSA) is 6.48 Å². The fourth-order valence-electron chi connectivity index (χ4n) is 13.1. The molecule has 0 saturated carbocycles. The van der Waals surface area contributed by atoms with E-state index >= 15 is 0 Å². The van der Waals surface area contributed by atoms with Crippen LogP contribution in [0.2, 0.25) is 0 Å². The third-order valence-electron chi connectivity index (χ3n) is 16.2. The lowest BCUT2D eigenvalue weighted by atomic mass is 9.70. The third kappa shape index (κ3) is 5.76. The van der Waals surface area contributed by atoms with Crippen molar-refractivity contribution in [2.75, 3.05) is 9.80 Å². The predicted octanol–water partition coefficient (Wildman–Crippen LogP) is 20.0. The Bertz CT molecular complexity index is 4270. The lowest BCUT2D eigenvalue weighted by molar-refractivity contribution is 0.794. The van der Waals surface area contributed by atoms with E-state index in [1.165, 1.54) is 108 Å². The second-order valence-corrected chi connectivity index (χ2v) is 20.9. The molecule has 16 rings (SSSR count). The van der Waals surface area contributed by atoms with Crippen LogP contribution in [-0.2, 0) is 5.41 Å². The summed E-state index contributed by atoms with van der Waals surface area (Å²) in [5.74, 6) is 0. The molecule has 0 N–H and O–H groups in total. The smallest absolute Gasteiger partial charge is 0.0727 e. The minimum Gasteiger partial charge on any atom is -0.309 e. The molecule has 74 heavy (non-hydrogen) atoms. The highest BCUT2D eigenvalue weighted by atomic mass is 32.1. The lowest BCUT2D eigenvalue weighted by Gasteiger charge is -2.34. The Kier molecular flexibility index (Phi) is 8.86. The lowest BCUT2D eigenvalue weighted by Crippen LogP contribution is -2.26. The molecule has 14 aromatic rings. The first kappa shape index (κ1) is 41.3. The average molecular weight is 957 g/mol. The Morgan fingerprint density at radius 2 is 0.676 bits per heavy atom. The first-order valence-electron chi connectivity index (χ1n) is 25.6. The summed E-state index contributed by atoms with van der Waals surface area (Å²) < 4.78 is 2.66. The molecule has 1 spiro atoms. The van der Waals surface area contributed by atoms with Crippen molar-refractivity contribution in [3.8, 4) is 22.3 Å². The maximum absolute atomic E-state index is 2.55. The molecular weight excluding hydrogens is 913 g/mol. The van der Waals surface area contributed by atoms with Gasteiger partial charge >= 0.3 is 0 Å². The Balaban J connectivity index is 1.02. The molecule has 0 radical (unpaired) electrons. The van der Waals surface area contributed by atoms with Crippen LogP contribution < -0.4 is 9.80 Å². The summed E-state index contributed by atoms with van der Waals surface area (Å²) in [4.78, 5) is 5.04. The summed E-state index contributed by atoms with van der Waals surface area (Å²) in [6, 6.07) is 100.0. The van der Waals surface area contributed by atoms with E-state index in [-0.39, 0.29) is 0 Å². The van der Waals surface area contributed by atoms with Gasteiger partial charge in [0.15, 0.2) is 0 Å². The molecule has 2 aliphatic rings. The number of anilines is 6. The maximum Gasteiger partial charge on any atom is 0.0727 e. The number of nitrogens with zero attached hydrogens (tertiary/aromatic N) is 2. The van der Waals surface area contributed by atoms with E-state index in [1.807, 2.05) is 11.3 Å². The van der Waals surface area contributed by atoms with Crippen molar-refractivity contribution in [2.24, 2.45) is 0 Å². The number of fused-ring (bicyclic) bond motifs is 18. The number of hydrogen-bond acceptors (Lipinski definition) is 3. The van der Waals surface area contributed by atoms with Crippen molar-refractivity contribution in [1.82, 2.24) is 0 Å². The van der Waals surface area contributed by atoms with Crippen molar-refractivity contribution < 1.29 is 0 Å². The summed E-state index contributed by atoms with van der Waals surface area (Å²) in [5, 5.41) is 12.3. The Labute approximate surface area is 432 Å². The number of benzene rings is 13. The molecule has 0 bridgehead atoms. The zero-order valence-electron chi connectivity index (χ0n) is 40.2. The minimum absolute atomic E-state index is 0.667. The van der Waals surface area contributed by atoms with Gasteiger partial charge in [0, 0.05) is 58.7 Å². The van der Waals surface area contributed by atoms with Crippen LogP contribution in [0.25, 0.3) is 85.5 Å². The van der Waals surface area contributed by atoms with Gasteiger partial charge in [0.25, 0.3) is 0 Å². The molecule has 0 amide bonds. The summed E-state index contributed by atoms with van der Waals surface area (Å²) in [5.41, 5.74) is 16.5. The Morgan fingerprint density at radius 3 is 1.16 bits per heavy atom. The Morgan fingerprint density at radius 1 is 0.270 bits per heavy atom. The minimum atomic E-state index is -0.667. The highest BCUT2D eigenvalue weighted by Crippen LogP contribution is 2.66. The van der Waals surface area contributed by atoms with Gasteiger partial charge in [-0.25, -0.2) is 0 Å². The van der Waals surface area contributed by atoms with Gasteiger partial charge in [0.05, 0.1) is 28.2 Å². The summed E-state index contributed by atoms with van der Waals surface area (Å²) >= 11 is 1.93. The number of rotatable bonds is 6. The molecule has 0 unspecified atom stereocenters. The van der Waals surface area contributed by atoms with Crippen molar-refractivity contribution >= 4 is 109 Å². The molecule has 3 heteroatoms. The van der Waals surface area contributed by atoms with Gasteiger partial charge in [-0.05, 0) is 115 Å². The van der Waals surface area contributed by atoms with Gasteiger partial charge in [-0.1, -0.05) is 212 Å². The second-order valence-electron chi connectivity index (χ2n) is 19.9. The maximum atomic E-state index is 2.55. The molecular formula is C71H44N2S. The zero-order valence-corrected chi connectivity index (χ0v) is 41.0. The molecule has 2 nitrogen and oxygen atoms in total. The van der Waals surface area contributed by atoms with Crippen molar-refractivity contribution in [1.29, 1.82) is 0 Å². The molecule has 0 saturated heterocycles. The van der Waals surface area contributed by atoms with E-state index in [2.05, 4.69) is 277 Å². The van der Waals surface area contributed by atoms with E-state index in [0.717, 1.165) is 34.1 Å². The van der Waals surface area contributed by atoms with Crippen LogP contribution >= 0.6 is 11.3 Å². The Hall–Kier alpha value is -9.28. The number of thiophene rings is 1. The first-order chi connectivity index (χ1) is 36.7. The van der Waals surface area contributed by atoms with Crippen molar-refractivity contribution in [3.05, 3.63) is 289 Å².